The fraction of sp³-hybridized carbons (Fsp3) is 0.0833. The summed E-state index contributed by atoms with van der Waals surface area (Å²) in [5.74, 6) is -0.598. The zero-order valence-corrected chi connectivity index (χ0v) is 20.5. The Labute approximate surface area is 218 Å². The van der Waals surface area contributed by atoms with Crippen LogP contribution >= 0.6 is 23.4 Å². The first kappa shape index (κ1) is 25.7. The molecule has 0 saturated carbocycles. The van der Waals surface area contributed by atoms with Gasteiger partial charge in [0.15, 0.2) is 11.5 Å². The molecule has 0 aromatic heterocycles. The molecule has 1 heterocycles. The Hall–Kier alpha value is -4.42. The average Bonchev–Trinajstić information content (AvgIpc) is 3.13. The normalized spacial score (nSPS) is 14.2. The number of nitro benzene ring substituents is 2. The molecule has 3 aromatic rings. The SMILES string of the molecule is COc1cccc(/C=C2/SC(=O)N(Cc3ccc(Cl)cc3)C2=O)c1Oc1ccc([N+](=O)[O-])cc1[N+](=O)[O-]. The monoisotopic (exact) mass is 541 g/mol. The zero-order chi connectivity index (χ0) is 26.7. The van der Waals surface area contributed by atoms with Crippen LogP contribution in [-0.2, 0) is 11.3 Å². The van der Waals surface area contributed by atoms with Gasteiger partial charge in [-0.15, -0.1) is 0 Å². The molecule has 0 radical (unpaired) electrons. The summed E-state index contributed by atoms with van der Waals surface area (Å²) in [7, 11) is 1.36. The number of para-hydroxylation sites is 1. The van der Waals surface area contributed by atoms with Gasteiger partial charge in [0.1, 0.15) is 0 Å². The number of amides is 2. The second kappa shape index (κ2) is 10.7. The minimum Gasteiger partial charge on any atom is -0.493 e. The number of halogens is 1. The van der Waals surface area contributed by atoms with Crippen LogP contribution in [0, 0.1) is 20.2 Å². The number of non-ortho nitro benzene ring substituents is 1. The molecule has 1 saturated heterocycles. The van der Waals surface area contributed by atoms with Gasteiger partial charge < -0.3 is 9.47 Å². The standard InChI is InChI=1S/C24H16ClN3O8S/c1-35-20-4-2-3-15(22(20)36-19-10-9-17(27(31)32)12-18(19)28(33)34)11-21-23(29)26(24(30)37-21)13-14-5-7-16(25)8-6-14/h2-12H,13H2,1H3/b21-11+. The van der Waals surface area contributed by atoms with E-state index in [0.717, 1.165) is 34.9 Å². The molecule has 0 unspecified atom stereocenters. The smallest absolute Gasteiger partial charge is 0.318 e. The molecule has 3 aromatic carbocycles. The maximum atomic E-state index is 13.0. The third-order valence-corrected chi connectivity index (χ3v) is 6.36. The topological polar surface area (TPSA) is 142 Å². The summed E-state index contributed by atoms with van der Waals surface area (Å²) >= 11 is 6.63. The molecule has 1 aliphatic heterocycles. The van der Waals surface area contributed by atoms with Crippen LogP contribution in [0.4, 0.5) is 16.2 Å². The molecule has 13 heteroatoms. The lowest BCUT2D eigenvalue weighted by molar-refractivity contribution is -0.394. The van der Waals surface area contributed by atoms with E-state index in [1.54, 1.807) is 36.4 Å². The Morgan fingerprint density at radius 1 is 1.00 bits per heavy atom. The minimum atomic E-state index is -0.806. The van der Waals surface area contributed by atoms with Gasteiger partial charge in [0, 0.05) is 16.7 Å². The summed E-state index contributed by atoms with van der Waals surface area (Å²) in [6.45, 7) is 0.0512. The van der Waals surface area contributed by atoms with E-state index in [2.05, 4.69) is 0 Å². The summed E-state index contributed by atoms with van der Waals surface area (Å²) in [6, 6.07) is 14.4. The van der Waals surface area contributed by atoms with E-state index in [1.165, 1.54) is 19.3 Å². The van der Waals surface area contributed by atoms with E-state index < -0.39 is 32.4 Å². The fourth-order valence-electron chi connectivity index (χ4n) is 3.42. The number of hydrogen-bond donors (Lipinski definition) is 0. The third-order valence-electron chi connectivity index (χ3n) is 5.21. The second-order valence-corrected chi connectivity index (χ2v) is 8.97. The van der Waals surface area contributed by atoms with Crippen LogP contribution in [-0.4, -0.2) is 33.0 Å². The van der Waals surface area contributed by atoms with Crippen LogP contribution < -0.4 is 9.47 Å². The van der Waals surface area contributed by atoms with Crippen LogP contribution in [0.1, 0.15) is 11.1 Å². The molecule has 2 amide bonds. The van der Waals surface area contributed by atoms with Gasteiger partial charge in [-0.1, -0.05) is 35.9 Å². The molecule has 0 bridgehead atoms. The van der Waals surface area contributed by atoms with Crippen molar-refractivity contribution < 1.29 is 28.9 Å². The number of methoxy groups -OCH3 is 1. The summed E-state index contributed by atoms with van der Waals surface area (Å²) in [4.78, 5) is 47.8. The number of rotatable bonds is 8. The Bertz CT molecular complexity index is 1460. The quantitative estimate of drug-likeness (QED) is 0.185. The first-order valence-corrected chi connectivity index (χ1v) is 11.6. The van der Waals surface area contributed by atoms with Crippen molar-refractivity contribution in [1.29, 1.82) is 0 Å². The molecule has 11 nitrogen and oxygen atoms in total. The van der Waals surface area contributed by atoms with Crippen LogP contribution in [0.25, 0.3) is 6.08 Å². The molecular formula is C24H16ClN3O8S. The van der Waals surface area contributed by atoms with E-state index in [4.69, 9.17) is 21.1 Å². The summed E-state index contributed by atoms with van der Waals surface area (Å²) in [6.07, 6.45) is 1.42. The molecule has 4 rings (SSSR count). The number of benzene rings is 3. The van der Waals surface area contributed by atoms with E-state index in [9.17, 15) is 29.8 Å². The van der Waals surface area contributed by atoms with Crippen molar-refractivity contribution in [2.75, 3.05) is 7.11 Å². The van der Waals surface area contributed by atoms with Gasteiger partial charge in [-0.25, -0.2) is 0 Å². The Morgan fingerprint density at radius 2 is 1.73 bits per heavy atom. The highest BCUT2D eigenvalue weighted by Gasteiger charge is 2.35. The van der Waals surface area contributed by atoms with Gasteiger partial charge in [-0.3, -0.25) is 34.7 Å². The van der Waals surface area contributed by atoms with E-state index in [-0.39, 0.29) is 28.7 Å². The molecule has 0 spiro atoms. The van der Waals surface area contributed by atoms with Gasteiger partial charge in [0.2, 0.25) is 5.75 Å². The van der Waals surface area contributed by atoms with Crippen LogP contribution in [0.15, 0.2) is 65.6 Å². The van der Waals surface area contributed by atoms with Gasteiger partial charge in [-0.05, 0) is 47.7 Å². The van der Waals surface area contributed by atoms with Gasteiger partial charge in [0.25, 0.3) is 16.8 Å². The molecule has 1 aliphatic rings. The highest BCUT2D eigenvalue weighted by atomic mass is 35.5. The molecule has 0 N–H and O–H groups in total. The van der Waals surface area contributed by atoms with Crippen molar-refractivity contribution in [1.82, 2.24) is 4.90 Å². The number of thioether (sulfide) groups is 1. The Balaban J connectivity index is 1.69. The number of imide groups is 1. The first-order valence-electron chi connectivity index (χ1n) is 10.5. The highest BCUT2D eigenvalue weighted by Crippen LogP contribution is 2.42. The highest BCUT2D eigenvalue weighted by molar-refractivity contribution is 8.18. The molecular weight excluding hydrogens is 526 g/mol. The predicted octanol–water partition coefficient (Wildman–Crippen LogP) is 6.19. The van der Waals surface area contributed by atoms with Crippen molar-refractivity contribution >= 4 is 52.0 Å². The Morgan fingerprint density at radius 3 is 2.38 bits per heavy atom. The van der Waals surface area contributed by atoms with E-state index in [0.29, 0.717) is 16.1 Å². The van der Waals surface area contributed by atoms with Gasteiger partial charge in [-0.2, -0.15) is 0 Å². The van der Waals surface area contributed by atoms with E-state index >= 15 is 0 Å². The number of nitrogens with zero attached hydrogens (tertiary/aromatic N) is 3. The number of carbonyl (C=O) groups excluding carboxylic acids is 2. The van der Waals surface area contributed by atoms with Crippen molar-refractivity contribution in [3.63, 3.8) is 0 Å². The average molecular weight is 542 g/mol. The number of nitro groups is 2. The number of carbonyl (C=O) groups is 2. The second-order valence-electron chi connectivity index (χ2n) is 7.54. The maximum absolute atomic E-state index is 13.0. The molecule has 0 aliphatic carbocycles. The zero-order valence-electron chi connectivity index (χ0n) is 19.0. The summed E-state index contributed by atoms with van der Waals surface area (Å²) < 4.78 is 11.1. The Kier molecular flexibility index (Phi) is 7.41. The number of ether oxygens (including phenoxy) is 2. The van der Waals surface area contributed by atoms with Gasteiger partial charge in [0.05, 0.1) is 34.5 Å². The first-order chi connectivity index (χ1) is 17.7. The maximum Gasteiger partial charge on any atom is 0.318 e. The fourth-order valence-corrected chi connectivity index (χ4v) is 4.38. The van der Waals surface area contributed by atoms with Crippen LogP contribution in [0.3, 0.4) is 0 Å². The van der Waals surface area contributed by atoms with Crippen molar-refractivity contribution in [2.45, 2.75) is 6.54 Å². The lowest BCUT2D eigenvalue weighted by Crippen LogP contribution is -2.27. The van der Waals surface area contributed by atoms with Crippen LogP contribution in [0.2, 0.25) is 5.02 Å². The molecule has 37 heavy (non-hydrogen) atoms. The third kappa shape index (κ3) is 5.55. The van der Waals surface area contributed by atoms with Crippen molar-refractivity contribution in [3.8, 4) is 17.2 Å². The molecule has 1 fully saturated rings. The molecule has 188 valence electrons. The molecule has 0 atom stereocenters. The van der Waals surface area contributed by atoms with Gasteiger partial charge >= 0.3 is 5.69 Å². The lowest BCUT2D eigenvalue weighted by Gasteiger charge is -2.14. The number of hydrogen-bond acceptors (Lipinski definition) is 9. The summed E-state index contributed by atoms with van der Waals surface area (Å²) in [5.41, 5.74) is -0.101. The van der Waals surface area contributed by atoms with Crippen molar-refractivity contribution in [2.24, 2.45) is 0 Å². The largest absolute Gasteiger partial charge is 0.493 e. The summed E-state index contributed by atoms with van der Waals surface area (Å²) in [5, 5.41) is 22.7. The van der Waals surface area contributed by atoms with E-state index in [1.807, 2.05) is 0 Å². The lowest BCUT2D eigenvalue weighted by atomic mass is 10.1. The minimum absolute atomic E-state index is 0.0199. The van der Waals surface area contributed by atoms with Crippen molar-refractivity contribution in [3.05, 3.63) is 102 Å². The van der Waals surface area contributed by atoms with Crippen LogP contribution in [0.5, 0.6) is 17.2 Å². The predicted molar refractivity (Wildman–Crippen MR) is 136 cm³/mol.